The van der Waals surface area contributed by atoms with Crippen LogP contribution in [0.3, 0.4) is 0 Å². The van der Waals surface area contributed by atoms with E-state index >= 15 is 0 Å². The van der Waals surface area contributed by atoms with E-state index in [1.54, 1.807) is 6.07 Å². The smallest absolute Gasteiger partial charge is 0.126 e. The zero-order chi connectivity index (χ0) is 13.9. The second kappa shape index (κ2) is 4.37. The summed E-state index contributed by atoms with van der Waals surface area (Å²) in [7, 11) is 0. The lowest BCUT2D eigenvalue weighted by molar-refractivity contribution is 0.475. The van der Waals surface area contributed by atoms with Gasteiger partial charge >= 0.3 is 0 Å². The minimum absolute atomic E-state index is 0.334. The van der Waals surface area contributed by atoms with Gasteiger partial charge in [-0.1, -0.05) is 31.9 Å². The molecule has 3 aromatic rings. The van der Waals surface area contributed by atoms with Gasteiger partial charge in [-0.25, -0.2) is 0 Å². The van der Waals surface area contributed by atoms with Crippen molar-refractivity contribution in [3.63, 3.8) is 0 Å². The Morgan fingerprint density at radius 3 is 2.70 bits per heavy atom. The topological polar surface area (TPSA) is 36.0 Å². The number of H-pyrrole nitrogens is 1. The van der Waals surface area contributed by atoms with Gasteiger partial charge in [-0.05, 0) is 54.3 Å². The fourth-order valence-corrected chi connectivity index (χ4v) is 3.94. The van der Waals surface area contributed by atoms with E-state index in [4.69, 9.17) is 0 Å². The zero-order valence-corrected chi connectivity index (χ0v) is 13.7. The quantitative estimate of drug-likeness (QED) is 0.544. The highest BCUT2D eigenvalue weighted by atomic mass is 79.9. The average molecular weight is 393 g/mol. The van der Waals surface area contributed by atoms with E-state index < -0.39 is 0 Å². The number of aromatic nitrogens is 1. The maximum Gasteiger partial charge on any atom is 0.126 e. The second-order valence-corrected chi connectivity index (χ2v) is 6.96. The molecule has 4 heteroatoms. The molecule has 0 aliphatic heterocycles. The van der Waals surface area contributed by atoms with Crippen LogP contribution in [0.1, 0.15) is 11.1 Å². The molecule has 2 nitrogen and oxygen atoms in total. The lowest BCUT2D eigenvalue weighted by atomic mass is 9.88. The molecule has 0 radical (unpaired) electrons. The minimum atomic E-state index is 0.334. The molecular formula is C16H11Br2NO. The molecule has 1 aromatic heterocycles. The Morgan fingerprint density at radius 1 is 1.00 bits per heavy atom. The lowest BCUT2D eigenvalue weighted by Gasteiger charge is -2.18. The third-order valence-corrected chi connectivity index (χ3v) is 4.88. The van der Waals surface area contributed by atoms with Crippen LogP contribution < -0.4 is 0 Å². The number of halogens is 2. The van der Waals surface area contributed by atoms with Gasteiger partial charge in [0.1, 0.15) is 5.75 Å². The average Bonchev–Trinajstić information content (AvgIpc) is 2.75. The van der Waals surface area contributed by atoms with Crippen LogP contribution in [-0.4, -0.2) is 10.1 Å². The summed E-state index contributed by atoms with van der Waals surface area (Å²) in [6.45, 7) is 0. The fourth-order valence-electron chi connectivity index (χ4n) is 3.09. The van der Waals surface area contributed by atoms with Crippen molar-refractivity contribution in [2.45, 2.75) is 12.8 Å². The van der Waals surface area contributed by atoms with Crippen LogP contribution in [0.5, 0.6) is 5.75 Å². The van der Waals surface area contributed by atoms with E-state index in [0.717, 1.165) is 38.6 Å². The molecule has 4 rings (SSSR count). The Hall–Kier alpha value is -1.26. The van der Waals surface area contributed by atoms with Crippen molar-refractivity contribution >= 4 is 42.8 Å². The molecule has 0 spiro atoms. The Balaban J connectivity index is 2.08. The normalized spacial score (nSPS) is 13.3. The lowest BCUT2D eigenvalue weighted by Crippen LogP contribution is -2.03. The van der Waals surface area contributed by atoms with E-state index in [9.17, 15) is 5.11 Å². The molecule has 0 amide bonds. The van der Waals surface area contributed by atoms with Crippen LogP contribution >= 0.6 is 31.9 Å². The van der Waals surface area contributed by atoms with E-state index in [1.807, 2.05) is 6.07 Å². The Morgan fingerprint density at radius 2 is 1.85 bits per heavy atom. The van der Waals surface area contributed by atoms with Gasteiger partial charge < -0.3 is 10.1 Å². The highest BCUT2D eigenvalue weighted by molar-refractivity contribution is 9.10. The van der Waals surface area contributed by atoms with Crippen molar-refractivity contribution in [1.82, 2.24) is 4.98 Å². The third kappa shape index (κ3) is 1.75. The van der Waals surface area contributed by atoms with Gasteiger partial charge in [-0.15, -0.1) is 0 Å². The number of phenolic OH excluding ortho intramolecular Hbond substituents is 1. The fraction of sp³-hybridized carbons (Fsp3) is 0.125. The van der Waals surface area contributed by atoms with E-state index in [2.05, 4.69) is 55.0 Å². The Labute approximate surface area is 133 Å². The molecule has 100 valence electrons. The van der Waals surface area contributed by atoms with Crippen LogP contribution in [0.4, 0.5) is 0 Å². The number of aromatic hydroxyl groups is 1. The van der Waals surface area contributed by atoms with Gasteiger partial charge in [0.25, 0.3) is 0 Å². The summed E-state index contributed by atoms with van der Waals surface area (Å²) in [6.07, 6.45) is 1.95. The summed E-state index contributed by atoms with van der Waals surface area (Å²) >= 11 is 6.98. The number of fused-ring (bicyclic) bond motifs is 5. The van der Waals surface area contributed by atoms with Gasteiger partial charge in [-0.3, -0.25) is 0 Å². The molecule has 1 aliphatic carbocycles. The number of rotatable bonds is 0. The molecule has 20 heavy (non-hydrogen) atoms. The minimum Gasteiger partial charge on any atom is -0.507 e. The van der Waals surface area contributed by atoms with Gasteiger partial charge in [0, 0.05) is 25.4 Å². The van der Waals surface area contributed by atoms with Crippen LogP contribution in [0, 0.1) is 0 Å². The highest BCUT2D eigenvalue weighted by Gasteiger charge is 2.23. The molecule has 0 saturated heterocycles. The first-order valence-electron chi connectivity index (χ1n) is 6.45. The number of phenols is 1. The van der Waals surface area contributed by atoms with E-state index in [-0.39, 0.29) is 0 Å². The van der Waals surface area contributed by atoms with Crippen LogP contribution in [0.15, 0.2) is 39.3 Å². The highest BCUT2D eigenvalue weighted by Crippen LogP contribution is 2.43. The number of aryl methyl sites for hydroxylation is 2. The zero-order valence-electron chi connectivity index (χ0n) is 10.5. The van der Waals surface area contributed by atoms with Crippen molar-refractivity contribution < 1.29 is 5.11 Å². The van der Waals surface area contributed by atoms with E-state index in [0.29, 0.717) is 5.75 Å². The standard InChI is InChI=1S/C16H11Br2NO/c17-9-2-4-13-12(6-9)11-3-1-8-5-10(18)7-14(20)15(8)16(11)19-13/h2,4-7,19-20H,1,3H2. The molecule has 2 aromatic carbocycles. The SMILES string of the molecule is Oc1cc(Br)cc2c1-c1[nH]c3ccc(Br)cc3c1CC2. The predicted octanol–water partition coefficient (Wildman–Crippen LogP) is 5.16. The van der Waals surface area contributed by atoms with Crippen LogP contribution in [0.25, 0.3) is 22.2 Å². The van der Waals surface area contributed by atoms with E-state index in [1.165, 1.54) is 16.5 Å². The maximum atomic E-state index is 10.3. The molecule has 2 N–H and O–H groups in total. The molecule has 0 saturated carbocycles. The summed E-state index contributed by atoms with van der Waals surface area (Å²) < 4.78 is 2.01. The van der Waals surface area contributed by atoms with Crippen molar-refractivity contribution in [1.29, 1.82) is 0 Å². The number of aromatic amines is 1. The van der Waals surface area contributed by atoms with Crippen molar-refractivity contribution in [3.05, 3.63) is 50.4 Å². The summed E-state index contributed by atoms with van der Waals surface area (Å²) in [6, 6.07) is 10.1. The summed E-state index contributed by atoms with van der Waals surface area (Å²) in [5.41, 5.74) is 5.61. The first kappa shape index (κ1) is 12.5. The largest absolute Gasteiger partial charge is 0.507 e. The monoisotopic (exact) mass is 391 g/mol. The molecule has 0 bridgehead atoms. The van der Waals surface area contributed by atoms with Crippen molar-refractivity contribution in [2.75, 3.05) is 0 Å². The van der Waals surface area contributed by atoms with Gasteiger partial charge in [0.05, 0.1) is 5.69 Å². The summed E-state index contributed by atoms with van der Waals surface area (Å²) in [4.78, 5) is 3.46. The van der Waals surface area contributed by atoms with Gasteiger partial charge in [-0.2, -0.15) is 0 Å². The van der Waals surface area contributed by atoms with Crippen LogP contribution in [0.2, 0.25) is 0 Å². The second-order valence-electron chi connectivity index (χ2n) is 5.13. The molecule has 1 aliphatic rings. The first-order valence-corrected chi connectivity index (χ1v) is 8.04. The number of benzene rings is 2. The van der Waals surface area contributed by atoms with Gasteiger partial charge in [0.2, 0.25) is 0 Å². The molecule has 0 unspecified atom stereocenters. The number of hydrogen-bond donors (Lipinski definition) is 2. The maximum absolute atomic E-state index is 10.3. The number of hydrogen-bond acceptors (Lipinski definition) is 1. The molecule has 1 heterocycles. The molecular weight excluding hydrogens is 382 g/mol. The molecule has 0 fully saturated rings. The third-order valence-electron chi connectivity index (χ3n) is 3.93. The Kier molecular flexibility index (Phi) is 2.72. The van der Waals surface area contributed by atoms with Crippen molar-refractivity contribution in [2.24, 2.45) is 0 Å². The molecule has 0 atom stereocenters. The van der Waals surface area contributed by atoms with Crippen molar-refractivity contribution in [3.8, 4) is 17.0 Å². The first-order chi connectivity index (χ1) is 9.63. The number of nitrogens with one attached hydrogen (secondary N) is 1. The van der Waals surface area contributed by atoms with Crippen LogP contribution in [-0.2, 0) is 12.8 Å². The Bertz CT molecular complexity index is 851. The predicted molar refractivity (Wildman–Crippen MR) is 88.2 cm³/mol. The van der Waals surface area contributed by atoms with Gasteiger partial charge in [0.15, 0.2) is 0 Å². The summed E-state index contributed by atoms with van der Waals surface area (Å²) in [5, 5.41) is 11.5. The summed E-state index contributed by atoms with van der Waals surface area (Å²) in [5.74, 6) is 0.334.